The zero-order valence-corrected chi connectivity index (χ0v) is 11.8. The van der Waals surface area contributed by atoms with Gasteiger partial charge in [0.1, 0.15) is 0 Å². The Morgan fingerprint density at radius 2 is 2.06 bits per heavy atom. The predicted octanol–water partition coefficient (Wildman–Crippen LogP) is 0.532. The summed E-state index contributed by atoms with van der Waals surface area (Å²) < 4.78 is 5.92. The first kappa shape index (κ1) is 12.9. The monoisotopic (exact) mass is 253 g/mol. The Labute approximate surface area is 111 Å². The molecule has 3 saturated heterocycles. The molecule has 4 heteroatoms. The maximum Gasteiger partial charge on any atom is 0.0852 e. The van der Waals surface area contributed by atoms with Crippen molar-refractivity contribution in [3.8, 4) is 0 Å². The van der Waals surface area contributed by atoms with Gasteiger partial charge >= 0.3 is 0 Å². The molecule has 4 nitrogen and oxygen atoms in total. The number of nitrogens with zero attached hydrogens (tertiary/aromatic N) is 2. The number of fused-ring (bicyclic) bond motifs is 2. The predicted molar refractivity (Wildman–Crippen MR) is 72.8 cm³/mol. The number of likely N-dealkylation sites (tertiary alicyclic amines) is 1. The third-order valence-corrected chi connectivity index (χ3v) is 5.25. The highest BCUT2D eigenvalue weighted by Gasteiger charge is 2.37. The van der Waals surface area contributed by atoms with Crippen LogP contribution < -0.4 is 5.32 Å². The molecule has 0 amide bonds. The van der Waals surface area contributed by atoms with Crippen LogP contribution in [0, 0.1) is 0 Å². The van der Waals surface area contributed by atoms with E-state index in [-0.39, 0.29) is 0 Å². The molecule has 0 saturated carbocycles. The first-order valence-corrected chi connectivity index (χ1v) is 7.54. The van der Waals surface area contributed by atoms with Crippen LogP contribution in [-0.4, -0.2) is 73.9 Å². The minimum atomic E-state index is 0.376. The molecule has 4 atom stereocenters. The van der Waals surface area contributed by atoms with Gasteiger partial charge in [0.25, 0.3) is 0 Å². The van der Waals surface area contributed by atoms with Crippen molar-refractivity contribution >= 4 is 0 Å². The van der Waals surface area contributed by atoms with E-state index in [4.69, 9.17) is 4.74 Å². The van der Waals surface area contributed by atoms with Crippen molar-refractivity contribution < 1.29 is 4.74 Å². The third-order valence-electron chi connectivity index (χ3n) is 5.25. The topological polar surface area (TPSA) is 27.7 Å². The second kappa shape index (κ2) is 5.45. The van der Waals surface area contributed by atoms with Crippen LogP contribution in [0.4, 0.5) is 0 Å². The summed E-state index contributed by atoms with van der Waals surface area (Å²) >= 11 is 0. The summed E-state index contributed by atoms with van der Waals surface area (Å²) in [4.78, 5) is 5.28. The second-order valence-corrected chi connectivity index (χ2v) is 6.19. The molecule has 1 N–H and O–H groups in total. The summed E-state index contributed by atoms with van der Waals surface area (Å²) in [5.41, 5.74) is 0. The molecular weight excluding hydrogens is 226 g/mol. The second-order valence-electron chi connectivity index (χ2n) is 6.19. The fourth-order valence-corrected chi connectivity index (χ4v) is 3.84. The van der Waals surface area contributed by atoms with Gasteiger partial charge in [0.15, 0.2) is 0 Å². The van der Waals surface area contributed by atoms with Crippen LogP contribution in [0.1, 0.15) is 26.2 Å². The number of rotatable bonds is 2. The van der Waals surface area contributed by atoms with Gasteiger partial charge in [-0.25, -0.2) is 0 Å². The highest BCUT2D eigenvalue weighted by Crippen LogP contribution is 2.29. The first-order valence-electron chi connectivity index (χ1n) is 7.54. The lowest BCUT2D eigenvalue weighted by atomic mass is 10.0. The van der Waals surface area contributed by atoms with Gasteiger partial charge in [0, 0.05) is 44.3 Å². The number of hydrogen-bond donors (Lipinski definition) is 1. The Bertz CT molecular complexity index is 280. The van der Waals surface area contributed by atoms with E-state index in [2.05, 4.69) is 29.1 Å². The number of likely N-dealkylation sites (N-methyl/N-ethyl adjacent to an activating group) is 1. The van der Waals surface area contributed by atoms with Gasteiger partial charge < -0.3 is 10.1 Å². The van der Waals surface area contributed by atoms with Crippen molar-refractivity contribution in [1.82, 2.24) is 15.1 Å². The van der Waals surface area contributed by atoms with Crippen LogP contribution in [0.2, 0.25) is 0 Å². The molecule has 4 unspecified atom stereocenters. The molecule has 18 heavy (non-hydrogen) atoms. The molecule has 2 bridgehead atoms. The summed E-state index contributed by atoms with van der Waals surface area (Å²) in [6.07, 6.45) is 4.50. The lowest BCUT2D eigenvalue weighted by Crippen LogP contribution is -2.52. The van der Waals surface area contributed by atoms with Crippen LogP contribution in [0.15, 0.2) is 0 Å². The molecule has 104 valence electrons. The number of hydrogen-bond acceptors (Lipinski definition) is 4. The molecule has 0 spiro atoms. The average Bonchev–Trinajstić information content (AvgIpc) is 2.64. The SMILES string of the molecule is CC(C1CNCCO1)N1CCC2CCC(C1)N2C. The van der Waals surface area contributed by atoms with Crippen molar-refractivity contribution in [2.75, 3.05) is 39.8 Å². The molecule has 3 aliphatic heterocycles. The van der Waals surface area contributed by atoms with E-state index in [9.17, 15) is 0 Å². The van der Waals surface area contributed by atoms with E-state index in [0.717, 1.165) is 31.8 Å². The fraction of sp³-hybridized carbons (Fsp3) is 1.00. The molecule has 3 rings (SSSR count). The van der Waals surface area contributed by atoms with E-state index in [1.165, 1.54) is 32.4 Å². The van der Waals surface area contributed by atoms with Crippen LogP contribution in [0.3, 0.4) is 0 Å². The van der Waals surface area contributed by atoms with Gasteiger partial charge in [-0.05, 0) is 33.2 Å². The lowest BCUT2D eigenvalue weighted by molar-refractivity contribution is -0.0277. The minimum Gasteiger partial charge on any atom is -0.374 e. The normalized spacial score (nSPS) is 40.7. The molecule has 0 radical (unpaired) electrons. The van der Waals surface area contributed by atoms with Gasteiger partial charge in [-0.3, -0.25) is 9.80 Å². The Morgan fingerprint density at radius 1 is 1.22 bits per heavy atom. The zero-order chi connectivity index (χ0) is 12.5. The van der Waals surface area contributed by atoms with Gasteiger partial charge in [-0.15, -0.1) is 0 Å². The highest BCUT2D eigenvalue weighted by molar-refractivity contribution is 4.93. The largest absolute Gasteiger partial charge is 0.374 e. The molecule has 0 aromatic heterocycles. The van der Waals surface area contributed by atoms with Gasteiger partial charge in [0.05, 0.1) is 12.7 Å². The van der Waals surface area contributed by atoms with E-state index >= 15 is 0 Å². The summed E-state index contributed by atoms with van der Waals surface area (Å²) in [5.74, 6) is 0. The summed E-state index contributed by atoms with van der Waals surface area (Å²) in [7, 11) is 2.31. The average molecular weight is 253 g/mol. The van der Waals surface area contributed by atoms with E-state index in [1.807, 2.05) is 0 Å². The van der Waals surface area contributed by atoms with Crippen LogP contribution in [-0.2, 0) is 4.74 Å². The van der Waals surface area contributed by atoms with Crippen LogP contribution in [0.25, 0.3) is 0 Å². The molecule has 0 aromatic carbocycles. The maximum absolute atomic E-state index is 5.92. The number of morpholine rings is 1. The maximum atomic E-state index is 5.92. The molecule has 3 fully saturated rings. The van der Waals surface area contributed by atoms with Gasteiger partial charge in [0.2, 0.25) is 0 Å². The van der Waals surface area contributed by atoms with E-state index in [0.29, 0.717) is 12.1 Å². The quantitative estimate of drug-likeness (QED) is 0.777. The Morgan fingerprint density at radius 3 is 2.83 bits per heavy atom. The summed E-state index contributed by atoms with van der Waals surface area (Å²) in [6.45, 7) is 7.71. The first-order chi connectivity index (χ1) is 8.75. The summed E-state index contributed by atoms with van der Waals surface area (Å²) in [5, 5.41) is 3.45. The molecule has 0 aromatic rings. The van der Waals surface area contributed by atoms with Crippen molar-refractivity contribution in [2.45, 2.75) is 50.4 Å². The number of nitrogens with one attached hydrogen (secondary N) is 1. The van der Waals surface area contributed by atoms with Crippen LogP contribution >= 0.6 is 0 Å². The van der Waals surface area contributed by atoms with Crippen molar-refractivity contribution in [3.05, 3.63) is 0 Å². The van der Waals surface area contributed by atoms with Gasteiger partial charge in [-0.1, -0.05) is 0 Å². The van der Waals surface area contributed by atoms with E-state index in [1.54, 1.807) is 0 Å². The molecule has 0 aliphatic carbocycles. The highest BCUT2D eigenvalue weighted by atomic mass is 16.5. The molecule has 3 aliphatic rings. The Balaban J connectivity index is 1.61. The van der Waals surface area contributed by atoms with Crippen molar-refractivity contribution in [1.29, 1.82) is 0 Å². The van der Waals surface area contributed by atoms with E-state index < -0.39 is 0 Å². The number of ether oxygens (including phenoxy) is 1. The molecular formula is C14H27N3O. The fourth-order valence-electron chi connectivity index (χ4n) is 3.84. The third kappa shape index (κ3) is 2.44. The Kier molecular flexibility index (Phi) is 3.89. The minimum absolute atomic E-state index is 0.376. The standard InChI is InChI=1S/C14H27N3O/c1-11(14-9-15-6-8-18-14)17-7-5-12-3-4-13(10-17)16(12)2/h11-15H,3-10H2,1-2H3. The van der Waals surface area contributed by atoms with Gasteiger partial charge in [-0.2, -0.15) is 0 Å². The lowest BCUT2D eigenvalue weighted by Gasteiger charge is -2.37. The zero-order valence-electron chi connectivity index (χ0n) is 11.8. The Hall–Kier alpha value is -0.160. The van der Waals surface area contributed by atoms with Crippen molar-refractivity contribution in [3.63, 3.8) is 0 Å². The smallest absolute Gasteiger partial charge is 0.0852 e. The van der Waals surface area contributed by atoms with Crippen LogP contribution in [0.5, 0.6) is 0 Å². The summed E-state index contributed by atoms with van der Waals surface area (Å²) in [6, 6.07) is 2.15. The molecule has 3 heterocycles. The van der Waals surface area contributed by atoms with Crippen molar-refractivity contribution in [2.24, 2.45) is 0 Å².